The number of nitrogens with two attached hydrogens (primary N) is 2. The third-order valence-electron chi connectivity index (χ3n) is 14.2. The van der Waals surface area contributed by atoms with Crippen molar-refractivity contribution in [3.63, 3.8) is 0 Å². The van der Waals surface area contributed by atoms with Gasteiger partial charge in [0.2, 0.25) is 23.6 Å². The highest BCUT2D eigenvalue weighted by Crippen LogP contribution is 2.40. The number of nitrogens with zero attached hydrogens (tertiary/aromatic N) is 6. The summed E-state index contributed by atoms with van der Waals surface area (Å²) in [5.41, 5.74) is 23.9. The van der Waals surface area contributed by atoms with Crippen molar-refractivity contribution in [1.29, 1.82) is 0 Å². The third-order valence-corrected chi connectivity index (χ3v) is 15.2. The lowest BCUT2D eigenvalue weighted by Gasteiger charge is -2.38. The summed E-state index contributed by atoms with van der Waals surface area (Å²) < 4.78 is 2.03. The van der Waals surface area contributed by atoms with Crippen molar-refractivity contribution in [3.05, 3.63) is 131 Å². The van der Waals surface area contributed by atoms with Crippen molar-refractivity contribution in [2.24, 2.45) is 11.1 Å². The van der Waals surface area contributed by atoms with Crippen LogP contribution in [-0.4, -0.2) is 78.2 Å². The first-order chi connectivity index (χ1) is 35.1. The zero-order valence-corrected chi connectivity index (χ0v) is 42.9. The molecular weight excluding hydrogens is 935 g/mol. The summed E-state index contributed by atoms with van der Waals surface area (Å²) in [7, 11) is 0. The van der Waals surface area contributed by atoms with Gasteiger partial charge in [0.25, 0.3) is 0 Å². The van der Waals surface area contributed by atoms with E-state index in [-0.39, 0.29) is 42.0 Å². The van der Waals surface area contributed by atoms with Gasteiger partial charge < -0.3 is 32.3 Å². The predicted octanol–water partition coefficient (Wildman–Crippen LogP) is 8.56. The van der Waals surface area contributed by atoms with Crippen LogP contribution in [0.5, 0.6) is 0 Å². The summed E-state index contributed by atoms with van der Waals surface area (Å²) in [5, 5.41) is 9.05. The molecule has 1 aliphatic heterocycles. The number of hydrogen-bond donors (Lipinski definition) is 5. The summed E-state index contributed by atoms with van der Waals surface area (Å²) in [4.78, 5) is 75.4. The van der Waals surface area contributed by atoms with Crippen molar-refractivity contribution in [2.45, 2.75) is 116 Å². The van der Waals surface area contributed by atoms with Gasteiger partial charge in [-0.15, -0.1) is 11.3 Å². The van der Waals surface area contributed by atoms with Gasteiger partial charge in [0, 0.05) is 55.5 Å². The van der Waals surface area contributed by atoms with Crippen LogP contribution in [0.25, 0.3) is 49.9 Å². The fourth-order valence-corrected chi connectivity index (χ4v) is 10.7. The molecule has 1 unspecified atom stereocenters. The van der Waals surface area contributed by atoms with Gasteiger partial charge >= 0.3 is 0 Å². The molecule has 7 N–H and O–H groups in total. The number of amides is 4. The molecule has 378 valence electrons. The second-order valence-electron chi connectivity index (χ2n) is 20.5. The Bertz CT molecular complexity index is 3120. The van der Waals surface area contributed by atoms with Crippen LogP contribution in [0, 0.1) is 12.3 Å². The summed E-state index contributed by atoms with van der Waals surface area (Å²) in [6, 6.07) is 30.8. The Balaban J connectivity index is 0.751. The molecule has 0 radical (unpaired) electrons. The largest absolute Gasteiger partial charge is 0.383 e. The Hall–Kier alpha value is -7.30. The van der Waals surface area contributed by atoms with Crippen molar-refractivity contribution in [2.75, 3.05) is 18.8 Å². The number of thiazole rings is 1. The minimum Gasteiger partial charge on any atom is -0.383 e. The number of carbonyl (C=O) groups excluding carboxylic acids is 4. The molecule has 73 heavy (non-hydrogen) atoms. The predicted molar refractivity (Wildman–Crippen MR) is 287 cm³/mol. The maximum absolute atomic E-state index is 14.1. The topological polar surface area (TPSA) is 216 Å². The molecule has 16 heteroatoms. The first-order valence-electron chi connectivity index (χ1n) is 25.4. The van der Waals surface area contributed by atoms with Crippen molar-refractivity contribution in [3.8, 4) is 38.8 Å². The summed E-state index contributed by atoms with van der Waals surface area (Å²) in [6.45, 7) is 8.96. The number of aryl methyl sites for hydroxylation is 1. The van der Waals surface area contributed by atoms with Crippen LogP contribution in [0.3, 0.4) is 0 Å². The second kappa shape index (κ2) is 21.8. The number of rotatable bonds is 18. The highest BCUT2D eigenvalue weighted by molar-refractivity contribution is 7.13. The van der Waals surface area contributed by atoms with E-state index < -0.39 is 17.5 Å². The number of likely N-dealkylation sites (tertiary alicyclic amines) is 1. The molecule has 0 spiro atoms. The summed E-state index contributed by atoms with van der Waals surface area (Å²) in [6.07, 6.45) is 8.06. The van der Waals surface area contributed by atoms with Gasteiger partial charge in [-0.2, -0.15) is 0 Å². The fraction of sp³-hybridized carbons (Fsp3) is 0.368. The lowest BCUT2D eigenvalue weighted by Crippen LogP contribution is -2.57. The van der Waals surface area contributed by atoms with Gasteiger partial charge in [-0.05, 0) is 128 Å². The van der Waals surface area contributed by atoms with Crippen molar-refractivity contribution < 1.29 is 19.2 Å². The van der Waals surface area contributed by atoms with Crippen LogP contribution in [0.1, 0.15) is 101 Å². The molecule has 1 saturated heterocycles. The minimum absolute atomic E-state index is 0.0894. The zero-order chi connectivity index (χ0) is 51.3. The number of aromatic nitrogens is 5. The van der Waals surface area contributed by atoms with E-state index in [0.29, 0.717) is 74.6 Å². The van der Waals surface area contributed by atoms with Crippen LogP contribution in [0.2, 0.25) is 0 Å². The molecule has 1 saturated carbocycles. The number of fused-ring (bicyclic) bond motifs is 1. The average molecular weight is 1000 g/mol. The number of anilines is 1. The molecule has 2 fully saturated rings. The molecule has 5 heterocycles. The lowest BCUT2D eigenvalue weighted by atomic mass is 9.73. The van der Waals surface area contributed by atoms with Gasteiger partial charge in [-0.3, -0.25) is 23.7 Å². The molecule has 2 aliphatic rings. The molecule has 4 amide bonds. The van der Waals surface area contributed by atoms with Crippen LogP contribution in [-0.2, 0) is 37.7 Å². The van der Waals surface area contributed by atoms with Crippen LogP contribution < -0.4 is 27.4 Å². The Labute approximate surface area is 430 Å². The van der Waals surface area contributed by atoms with Crippen molar-refractivity contribution in [1.82, 2.24) is 45.4 Å². The van der Waals surface area contributed by atoms with E-state index in [1.165, 1.54) is 0 Å². The highest BCUT2D eigenvalue weighted by Gasteiger charge is 2.42. The van der Waals surface area contributed by atoms with E-state index in [2.05, 4.69) is 56.3 Å². The number of carbonyl (C=O) groups is 4. The van der Waals surface area contributed by atoms with E-state index in [0.717, 1.165) is 74.5 Å². The Morgan fingerprint density at radius 3 is 2.30 bits per heavy atom. The molecule has 15 nitrogen and oxygen atoms in total. The normalized spacial score (nSPS) is 15.7. The quantitative estimate of drug-likeness (QED) is 0.0516. The molecular formula is C57H65N11O4S. The maximum atomic E-state index is 14.1. The molecule has 2 atom stereocenters. The van der Waals surface area contributed by atoms with Crippen LogP contribution in [0.4, 0.5) is 5.82 Å². The first kappa shape index (κ1) is 50.6. The third kappa shape index (κ3) is 11.5. The van der Waals surface area contributed by atoms with E-state index in [1.807, 2.05) is 105 Å². The van der Waals surface area contributed by atoms with Gasteiger partial charge in [0.15, 0.2) is 11.5 Å². The van der Waals surface area contributed by atoms with Gasteiger partial charge in [0.05, 0.1) is 27.3 Å². The summed E-state index contributed by atoms with van der Waals surface area (Å²) >= 11 is 1.60. The maximum Gasteiger partial charge on any atom is 0.246 e. The van der Waals surface area contributed by atoms with E-state index in [4.69, 9.17) is 21.4 Å². The van der Waals surface area contributed by atoms with E-state index in [9.17, 15) is 19.2 Å². The molecule has 4 aromatic heterocycles. The smallest absolute Gasteiger partial charge is 0.246 e. The standard InChI is InChI=1S/C57H65N11O4S/c1-36-49(73-35-63-36)39-19-17-38(18-20-39)34-62-54(71)46-14-9-32-67(46)55(72)50(56(2,3)4)66-48(70)16-6-5-15-47(69)60-31-27-37-11-7-12-40(33-37)44-25-26-45-53(64-44)68(52(65-45)43-13-8-30-61-51(43)58)42-23-21-41(22-24-42)57(59)28-10-29-57/h7-8,11-13,17-26,30,33,35,46,50H,5-6,9-10,14-16,27-29,31-32,34,59H2,1-4H3,(H2,58,61)(H,60,69)(H,62,71)(H,66,70)/t46-,50?/m0/s1. The fourth-order valence-electron chi connectivity index (χ4n) is 9.84. The highest BCUT2D eigenvalue weighted by atomic mass is 32.1. The van der Waals surface area contributed by atoms with Gasteiger partial charge in [0.1, 0.15) is 23.4 Å². The number of nitrogen functional groups attached to an aromatic ring is 1. The van der Waals surface area contributed by atoms with E-state index in [1.54, 1.807) is 22.4 Å². The number of hydrogen-bond acceptors (Lipinski definition) is 11. The molecule has 9 rings (SSSR count). The minimum atomic E-state index is -0.815. The number of pyridine rings is 2. The first-order valence-corrected chi connectivity index (χ1v) is 26.3. The number of benzene rings is 3. The Morgan fingerprint density at radius 1 is 0.836 bits per heavy atom. The number of imidazole rings is 1. The second-order valence-corrected chi connectivity index (χ2v) is 21.4. The Kier molecular flexibility index (Phi) is 15.1. The molecule has 7 aromatic rings. The number of unbranched alkanes of at least 4 members (excludes halogenated alkanes) is 1. The van der Waals surface area contributed by atoms with Crippen LogP contribution >= 0.6 is 11.3 Å². The van der Waals surface area contributed by atoms with Gasteiger partial charge in [-0.1, -0.05) is 75.4 Å². The average Bonchev–Trinajstić information content (AvgIpc) is 4.14. The Morgan fingerprint density at radius 2 is 1.60 bits per heavy atom. The zero-order valence-electron chi connectivity index (χ0n) is 42.1. The molecule has 3 aromatic carbocycles. The SMILES string of the molecule is Cc1ncsc1-c1ccc(CNC(=O)[C@@H]2CCCN2C(=O)C(NC(=O)CCCCC(=O)NCCc2cccc(-c3ccc4nc(-c5cccnc5N)n(-c5ccc(C6(N)CCC6)cc5)c4n3)c2)C(C)(C)C)cc1. The van der Waals surface area contributed by atoms with Crippen LogP contribution in [0.15, 0.2) is 109 Å². The van der Waals surface area contributed by atoms with Crippen molar-refractivity contribution >= 4 is 51.9 Å². The van der Waals surface area contributed by atoms with E-state index >= 15 is 0 Å². The summed E-state index contributed by atoms with van der Waals surface area (Å²) in [5.74, 6) is 0.209. The van der Waals surface area contributed by atoms with Gasteiger partial charge in [-0.25, -0.2) is 19.9 Å². The number of nitrogens with one attached hydrogen (secondary N) is 3. The molecule has 0 bridgehead atoms. The monoisotopic (exact) mass is 999 g/mol. The lowest BCUT2D eigenvalue weighted by molar-refractivity contribution is -0.144. The molecule has 1 aliphatic carbocycles.